The molecule has 1 rings (SSSR count). The van der Waals surface area contributed by atoms with Crippen molar-refractivity contribution in [1.29, 1.82) is 0 Å². The van der Waals surface area contributed by atoms with Gasteiger partial charge in [0.05, 0.1) is 17.8 Å². The van der Waals surface area contributed by atoms with Crippen LogP contribution in [0.25, 0.3) is 0 Å². The van der Waals surface area contributed by atoms with E-state index in [0.717, 1.165) is 0 Å². The highest BCUT2D eigenvalue weighted by Crippen LogP contribution is 2.16. The zero-order valence-electron chi connectivity index (χ0n) is 8.36. The summed E-state index contributed by atoms with van der Waals surface area (Å²) >= 11 is 0. The van der Waals surface area contributed by atoms with E-state index in [0.29, 0.717) is 17.1 Å². The summed E-state index contributed by atoms with van der Waals surface area (Å²) in [4.78, 5) is 0.361. The average Bonchev–Trinajstić information content (AvgIpc) is 2.18. The Morgan fingerprint density at radius 1 is 1.21 bits per heavy atom. The zero-order chi connectivity index (χ0) is 10.6. The van der Waals surface area contributed by atoms with E-state index in [2.05, 4.69) is 0 Å². The van der Waals surface area contributed by atoms with Crippen LogP contribution in [-0.4, -0.2) is 21.3 Å². The van der Waals surface area contributed by atoms with E-state index in [1.54, 1.807) is 31.4 Å². The molecule has 0 heterocycles. The molecule has 1 aromatic rings. The number of hydrogen-bond acceptors (Lipinski definition) is 3. The molecule has 0 N–H and O–H groups in total. The minimum absolute atomic E-state index is 0.194. The van der Waals surface area contributed by atoms with Crippen LogP contribution in [-0.2, 0) is 9.84 Å². The van der Waals surface area contributed by atoms with E-state index in [4.69, 9.17) is 4.74 Å². The molecule has 0 aromatic heterocycles. The van der Waals surface area contributed by atoms with E-state index in [9.17, 15) is 8.42 Å². The lowest BCUT2D eigenvalue weighted by atomic mass is 10.3. The predicted molar refractivity (Wildman–Crippen MR) is 55.3 cm³/mol. The summed E-state index contributed by atoms with van der Waals surface area (Å²) in [6, 6.07) is 6.46. The number of ether oxygens (including phenoxy) is 1. The molecule has 0 spiro atoms. The molecule has 3 nitrogen and oxygen atoms in total. The van der Waals surface area contributed by atoms with Crippen molar-refractivity contribution in [3.8, 4) is 5.75 Å². The normalized spacial score (nSPS) is 11.3. The second kappa shape index (κ2) is 4.46. The number of benzene rings is 1. The fourth-order valence-electron chi connectivity index (χ4n) is 1.17. The summed E-state index contributed by atoms with van der Waals surface area (Å²) in [6.45, 7) is 1.85. The molecule has 0 fully saturated rings. The van der Waals surface area contributed by atoms with E-state index in [1.165, 1.54) is 0 Å². The molecular formula is C10H14O3S. The highest BCUT2D eigenvalue weighted by atomic mass is 32.2. The third-order valence-corrected chi connectivity index (χ3v) is 3.83. The Morgan fingerprint density at radius 2 is 1.79 bits per heavy atom. The lowest BCUT2D eigenvalue weighted by Crippen LogP contribution is -2.05. The van der Waals surface area contributed by atoms with Crippen LogP contribution in [0, 0.1) is 0 Å². The standard InChI is InChI=1S/C10H14O3S/c1-3-8-14(11,12)10-6-4-9(13-2)5-7-10/h4-7H,3,8H2,1-2H3. The summed E-state index contributed by atoms with van der Waals surface area (Å²) < 4.78 is 28.1. The molecule has 1 aromatic carbocycles. The monoisotopic (exact) mass is 214 g/mol. The number of sulfone groups is 1. The summed E-state index contributed by atoms with van der Waals surface area (Å²) in [7, 11) is -1.54. The smallest absolute Gasteiger partial charge is 0.178 e. The average molecular weight is 214 g/mol. The molecule has 0 saturated heterocycles. The second-order valence-corrected chi connectivity index (χ2v) is 5.10. The molecule has 4 heteroatoms. The van der Waals surface area contributed by atoms with Crippen LogP contribution in [0.4, 0.5) is 0 Å². The minimum atomic E-state index is -3.09. The Balaban J connectivity index is 2.97. The maximum absolute atomic E-state index is 11.6. The Bertz CT molecular complexity index is 378. The van der Waals surface area contributed by atoms with Gasteiger partial charge in [0.2, 0.25) is 0 Å². The third kappa shape index (κ3) is 2.48. The van der Waals surface area contributed by atoms with Gasteiger partial charge in [-0.1, -0.05) is 6.92 Å². The molecular weight excluding hydrogens is 200 g/mol. The van der Waals surface area contributed by atoms with E-state index >= 15 is 0 Å². The summed E-state index contributed by atoms with van der Waals surface area (Å²) in [5.74, 6) is 0.861. The minimum Gasteiger partial charge on any atom is -0.497 e. The molecule has 0 saturated carbocycles. The van der Waals surface area contributed by atoms with Crippen LogP contribution in [0.15, 0.2) is 29.2 Å². The van der Waals surface area contributed by atoms with E-state index in [1.807, 2.05) is 6.92 Å². The molecule has 0 aliphatic heterocycles. The van der Waals surface area contributed by atoms with Crippen molar-refractivity contribution >= 4 is 9.84 Å². The van der Waals surface area contributed by atoms with Gasteiger partial charge in [-0.2, -0.15) is 0 Å². The van der Waals surface area contributed by atoms with Gasteiger partial charge in [0.25, 0.3) is 0 Å². The number of methoxy groups -OCH3 is 1. The molecule has 0 amide bonds. The Kier molecular flexibility index (Phi) is 3.52. The van der Waals surface area contributed by atoms with Crippen LogP contribution in [0.1, 0.15) is 13.3 Å². The van der Waals surface area contributed by atoms with Crippen molar-refractivity contribution in [2.24, 2.45) is 0 Å². The Morgan fingerprint density at radius 3 is 2.21 bits per heavy atom. The fourth-order valence-corrected chi connectivity index (χ4v) is 2.49. The van der Waals surface area contributed by atoms with Crippen molar-refractivity contribution in [3.63, 3.8) is 0 Å². The first-order chi connectivity index (χ1) is 6.60. The van der Waals surface area contributed by atoms with Crippen LogP contribution in [0.5, 0.6) is 5.75 Å². The van der Waals surface area contributed by atoms with Gasteiger partial charge in [0, 0.05) is 0 Å². The molecule has 0 unspecified atom stereocenters. The lowest BCUT2D eigenvalue weighted by Gasteiger charge is -2.03. The van der Waals surface area contributed by atoms with E-state index in [-0.39, 0.29) is 5.75 Å². The molecule has 0 atom stereocenters. The summed E-state index contributed by atoms with van der Waals surface area (Å²) in [5.41, 5.74) is 0. The second-order valence-electron chi connectivity index (χ2n) is 2.99. The molecule has 14 heavy (non-hydrogen) atoms. The molecule has 0 aliphatic carbocycles. The summed E-state index contributed by atoms with van der Waals surface area (Å²) in [6.07, 6.45) is 0.633. The Hall–Kier alpha value is -1.03. The predicted octanol–water partition coefficient (Wildman–Crippen LogP) is 1.88. The first kappa shape index (κ1) is 11.0. The first-order valence-electron chi connectivity index (χ1n) is 4.47. The molecule has 0 radical (unpaired) electrons. The van der Waals surface area contributed by atoms with Gasteiger partial charge >= 0.3 is 0 Å². The van der Waals surface area contributed by atoms with Crippen molar-refractivity contribution < 1.29 is 13.2 Å². The topological polar surface area (TPSA) is 43.4 Å². The van der Waals surface area contributed by atoms with Crippen LogP contribution in [0.3, 0.4) is 0 Å². The van der Waals surface area contributed by atoms with Crippen LogP contribution in [0.2, 0.25) is 0 Å². The third-order valence-electron chi connectivity index (χ3n) is 1.89. The van der Waals surface area contributed by atoms with Gasteiger partial charge in [0.1, 0.15) is 5.75 Å². The zero-order valence-corrected chi connectivity index (χ0v) is 9.17. The van der Waals surface area contributed by atoms with E-state index < -0.39 is 9.84 Å². The van der Waals surface area contributed by atoms with Gasteiger partial charge < -0.3 is 4.74 Å². The number of hydrogen-bond donors (Lipinski definition) is 0. The maximum Gasteiger partial charge on any atom is 0.178 e. The Labute approximate surface area is 84.6 Å². The van der Waals surface area contributed by atoms with Gasteiger partial charge in [-0.25, -0.2) is 8.42 Å². The first-order valence-corrected chi connectivity index (χ1v) is 6.12. The molecule has 0 aliphatic rings. The number of rotatable bonds is 4. The van der Waals surface area contributed by atoms with Crippen LogP contribution >= 0.6 is 0 Å². The summed E-state index contributed by atoms with van der Waals surface area (Å²) in [5, 5.41) is 0. The maximum atomic E-state index is 11.6. The van der Waals surface area contributed by atoms with Crippen molar-refractivity contribution in [1.82, 2.24) is 0 Å². The highest BCUT2D eigenvalue weighted by molar-refractivity contribution is 7.91. The van der Waals surface area contributed by atoms with Gasteiger partial charge in [0.15, 0.2) is 9.84 Å². The quantitative estimate of drug-likeness (QED) is 0.768. The van der Waals surface area contributed by atoms with Crippen molar-refractivity contribution in [3.05, 3.63) is 24.3 Å². The van der Waals surface area contributed by atoms with Crippen molar-refractivity contribution in [2.75, 3.05) is 12.9 Å². The highest BCUT2D eigenvalue weighted by Gasteiger charge is 2.12. The van der Waals surface area contributed by atoms with Gasteiger partial charge in [-0.15, -0.1) is 0 Å². The molecule has 78 valence electrons. The SMILES string of the molecule is CCCS(=O)(=O)c1ccc(OC)cc1. The van der Waals surface area contributed by atoms with Gasteiger partial charge in [-0.05, 0) is 30.7 Å². The van der Waals surface area contributed by atoms with Crippen LogP contribution < -0.4 is 4.74 Å². The molecule has 0 bridgehead atoms. The largest absolute Gasteiger partial charge is 0.497 e. The fraction of sp³-hybridized carbons (Fsp3) is 0.400. The lowest BCUT2D eigenvalue weighted by molar-refractivity contribution is 0.414. The van der Waals surface area contributed by atoms with Gasteiger partial charge in [-0.3, -0.25) is 0 Å². The van der Waals surface area contributed by atoms with Crippen molar-refractivity contribution in [2.45, 2.75) is 18.2 Å².